The van der Waals surface area contributed by atoms with Crippen LogP contribution in [-0.2, 0) is 43.1 Å². The number of ether oxygens (including phenoxy) is 4. The molecule has 0 spiro atoms. The normalized spacial score (nSPS) is 31.9. The molecule has 1 heterocycles. The van der Waals surface area contributed by atoms with E-state index in [0.717, 1.165) is 0 Å². The molecule has 1 saturated carbocycles. The van der Waals surface area contributed by atoms with Gasteiger partial charge in [0.2, 0.25) is 0 Å². The first kappa shape index (κ1) is 25.9. The van der Waals surface area contributed by atoms with Crippen molar-refractivity contribution in [1.82, 2.24) is 0 Å². The van der Waals surface area contributed by atoms with Gasteiger partial charge in [0.05, 0.1) is 37.7 Å². The van der Waals surface area contributed by atoms with Crippen LogP contribution in [-0.4, -0.2) is 58.1 Å². The maximum absolute atomic E-state index is 13.4. The summed E-state index contributed by atoms with van der Waals surface area (Å²) >= 11 is 5.82. The Hall–Kier alpha value is -2.69. The maximum Gasteiger partial charge on any atom is 0.386 e. The van der Waals surface area contributed by atoms with E-state index in [1.807, 2.05) is 0 Å². The van der Waals surface area contributed by atoms with E-state index in [9.17, 15) is 19.2 Å². The van der Waals surface area contributed by atoms with Crippen LogP contribution in [0.4, 0.5) is 0 Å². The Morgan fingerprint density at radius 2 is 1.68 bits per heavy atom. The predicted molar refractivity (Wildman–Crippen MR) is 115 cm³/mol. The Labute approximate surface area is 201 Å². The summed E-state index contributed by atoms with van der Waals surface area (Å²) in [6.07, 6.45) is -1.02. The van der Waals surface area contributed by atoms with Crippen LogP contribution in [0.15, 0.2) is 24.3 Å². The molecule has 11 heteroatoms. The number of esters is 2. The third kappa shape index (κ3) is 4.14. The van der Waals surface area contributed by atoms with Gasteiger partial charge in [-0.05, 0) is 37.1 Å². The molecule has 1 saturated heterocycles. The van der Waals surface area contributed by atoms with Gasteiger partial charge in [0, 0.05) is 29.9 Å². The van der Waals surface area contributed by atoms with Gasteiger partial charge in [-0.2, -0.15) is 0 Å². The summed E-state index contributed by atoms with van der Waals surface area (Å²) in [5.41, 5.74) is -2.37. The van der Waals surface area contributed by atoms with Gasteiger partial charge in [0.15, 0.2) is 6.29 Å². The quantitative estimate of drug-likeness (QED) is 0.328. The fourth-order valence-electron chi connectivity index (χ4n) is 5.40. The first-order valence-corrected chi connectivity index (χ1v) is 10.9. The maximum atomic E-state index is 13.4. The van der Waals surface area contributed by atoms with E-state index in [1.165, 1.54) is 45.6 Å². The summed E-state index contributed by atoms with van der Waals surface area (Å²) in [6.45, 7) is 3.39. The molecule has 2 fully saturated rings. The average Bonchev–Trinajstić information content (AvgIpc) is 3.27. The Morgan fingerprint density at radius 1 is 1.03 bits per heavy atom. The van der Waals surface area contributed by atoms with Crippen molar-refractivity contribution < 1.29 is 47.9 Å². The largest absolute Gasteiger partial charge is 0.469 e. The molecule has 0 bridgehead atoms. The number of benzene rings is 1. The number of carbonyl (C=O) groups excluding carboxylic acids is 4. The highest BCUT2D eigenvalue weighted by Crippen LogP contribution is 2.67. The van der Waals surface area contributed by atoms with Crippen molar-refractivity contribution in [2.45, 2.75) is 26.6 Å². The van der Waals surface area contributed by atoms with Gasteiger partial charge in [-0.15, -0.1) is 0 Å². The highest BCUT2D eigenvalue weighted by atomic mass is 35.5. The zero-order chi connectivity index (χ0) is 25.3. The van der Waals surface area contributed by atoms with Gasteiger partial charge >= 0.3 is 23.9 Å². The van der Waals surface area contributed by atoms with E-state index in [1.54, 1.807) is 13.8 Å². The SMILES string of the molecule is COC(=O)C[C@@H]1[C@@H](C(=O)OOC(=O)c2ccc(Cl)cc2)[C@@](C)(C(=O)OC)[C@@]2(C)COC(OC)[C@@H]12. The number of rotatable bonds is 6. The topological polar surface area (TPSA) is 124 Å². The second kappa shape index (κ2) is 9.89. The molecule has 3 rings (SSSR count). The molecule has 186 valence electrons. The number of hydrogen-bond donors (Lipinski definition) is 0. The Kier molecular flexibility index (Phi) is 7.54. The first-order valence-electron chi connectivity index (χ1n) is 10.5. The second-order valence-corrected chi connectivity index (χ2v) is 9.19. The van der Waals surface area contributed by atoms with Gasteiger partial charge in [0.25, 0.3) is 0 Å². The fourth-order valence-corrected chi connectivity index (χ4v) is 5.53. The summed E-state index contributed by atoms with van der Waals surface area (Å²) in [4.78, 5) is 60.8. The van der Waals surface area contributed by atoms with E-state index < -0.39 is 58.8 Å². The minimum atomic E-state index is -1.50. The van der Waals surface area contributed by atoms with Crippen molar-refractivity contribution in [3.63, 3.8) is 0 Å². The van der Waals surface area contributed by atoms with Crippen LogP contribution >= 0.6 is 11.6 Å². The lowest BCUT2D eigenvalue weighted by Gasteiger charge is -2.39. The fraction of sp³-hybridized carbons (Fsp3) is 0.565. The lowest BCUT2D eigenvalue weighted by Crippen LogP contribution is -2.49. The lowest BCUT2D eigenvalue weighted by molar-refractivity contribution is -0.245. The van der Waals surface area contributed by atoms with Crippen LogP contribution in [0, 0.1) is 28.6 Å². The molecule has 0 amide bonds. The molecule has 10 nitrogen and oxygen atoms in total. The molecule has 0 N–H and O–H groups in total. The summed E-state index contributed by atoms with van der Waals surface area (Å²) in [7, 11) is 3.85. The molecule has 0 radical (unpaired) electrons. The number of methoxy groups -OCH3 is 3. The van der Waals surface area contributed by atoms with Gasteiger partial charge < -0.3 is 18.9 Å². The van der Waals surface area contributed by atoms with E-state index in [-0.39, 0.29) is 18.6 Å². The number of halogens is 1. The van der Waals surface area contributed by atoms with Crippen molar-refractivity contribution in [3.05, 3.63) is 34.9 Å². The summed E-state index contributed by atoms with van der Waals surface area (Å²) in [5, 5.41) is 0.411. The van der Waals surface area contributed by atoms with Crippen molar-refractivity contribution in [1.29, 1.82) is 0 Å². The predicted octanol–water partition coefficient (Wildman–Crippen LogP) is 2.57. The second-order valence-electron chi connectivity index (χ2n) is 8.75. The van der Waals surface area contributed by atoms with E-state index in [0.29, 0.717) is 5.02 Å². The van der Waals surface area contributed by atoms with Crippen molar-refractivity contribution in [3.8, 4) is 0 Å². The van der Waals surface area contributed by atoms with E-state index in [2.05, 4.69) is 0 Å². The van der Waals surface area contributed by atoms with Crippen LogP contribution in [0.2, 0.25) is 5.02 Å². The standard InChI is InChI=1S/C23H27ClO10/c1-22-11-32-20(30-4)17(22)14(10-15(25)29-3)16(23(22,2)21(28)31-5)19(27)34-33-18(26)12-6-8-13(24)9-7-12/h6-9,14,16-17,20H,10-11H2,1-5H3/t14-,16+,17-,20?,22+,23+/m1/s1. The molecule has 1 aliphatic heterocycles. The van der Waals surface area contributed by atoms with Gasteiger partial charge in [-0.25, -0.2) is 19.4 Å². The molecule has 1 aromatic rings. The molecule has 34 heavy (non-hydrogen) atoms. The molecule has 6 atom stereocenters. The van der Waals surface area contributed by atoms with E-state index in [4.69, 9.17) is 40.3 Å². The third-order valence-electron chi connectivity index (χ3n) is 7.28. The molecule has 1 aliphatic carbocycles. The van der Waals surface area contributed by atoms with Gasteiger partial charge in [-0.1, -0.05) is 18.5 Å². The highest BCUT2D eigenvalue weighted by molar-refractivity contribution is 6.30. The van der Waals surface area contributed by atoms with Crippen LogP contribution in [0.25, 0.3) is 0 Å². The monoisotopic (exact) mass is 498 g/mol. The molecule has 1 aromatic carbocycles. The molecule has 0 aromatic heterocycles. The minimum absolute atomic E-state index is 0.0633. The average molecular weight is 499 g/mol. The zero-order valence-electron chi connectivity index (χ0n) is 19.5. The Bertz CT molecular complexity index is 963. The van der Waals surface area contributed by atoms with Crippen molar-refractivity contribution >= 4 is 35.5 Å². The summed E-state index contributed by atoms with van der Waals surface area (Å²) in [5.74, 6) is -5.82. The molecular formula is C23H27ClO10. The number of hydrogen-bond acceptors (Lipinski definition) is 10. The summed E-state index contributed by atoms with van der Waals surface area (Å²) in [6, 6.07) is 5.76. The van der Waals surface area contributed by atoms with Crippen LogP contribution < -0.4 is 0 Å². The Balaban J connectivity index is 1.96. The smallest absolute Gasteiger partial charge is 0.386 e. The molecule has 1 unspecified atom stereocenters. The zero-order valence-corrected chi connectivity index (χ0v) is 20.2. The van der Waals surface area contributed by atoms with Crippen LogP contribution in [0.5, 0.6) is 0 Å². The number of fused-ring (bicyclic) bond motifs is 1. The molecular weight excluding hydrogens is 472 g/mol. The third-order valence-corrected chi connectivity index (χ3v) is 7.53. The van der Waals surface area contributed by atoms with Crippen LogP contribution in [0.3, 0.4) is 0 Å². The first-order chi connectivity index (χ1) is 16.0. The van der Waals surface area contributed by atoms with Gasteiger partial charge in [0.1, 0.15) is 0 Å². The van der Waals surface area contributed by atoms with Crippen molar-refractivity contribution in [2.24, 2.45) is 28.6 Å². The molecule has 2 aliphatic rings. The van der Waals surface area contributed by atoms with Crippen molar-refractivity contribution in [2.75, 3.05) is 27.9 Å². The van der Waals surface area contributed by atoms with E-state index >= 15 is 0 Å². The van der Waals surface area contributed by atoms with Gasteiger partial charge in [-0.3, -0.25) is 9.59 Å². The minimum Gasteiger partial charge on any atom is -0.469 e. The summed E-state index contributed by atoms with van der Waals surface area (Å²) < 4.78 is 21.1. The number of carbonyl (C=O) groups is 4. The Morgan fingerprint density at radius 3 is 2.24 bits per heavy atom. The highest BCUT2D eigenvalue weighted by Gasteiger charge is 2.75. The lowest BCUT2D eigenvalue weighted by atomic mass is 9.63. The van der Waals surface area contributed by atoms with Crippen LogP contribution in [0.1, 0.15) is 30.6 Å².